The molecule has 6 nitrogen and oxygen atoms in total. The van der Waals surface area contributed by atoms with Crippen molar-refractivity contribution >= 4 is 11.2 Å². The monoisotopic (exact) mass is 284 g/mol. The van der Waals surface area contributed by atoms with Crippen LogP contribution < -0.4 is 0 Å². The first-order valence-electron chi connectivity index (χ1n) is 6.66. The predicted molar refractivity (Wildman–Crippen MR) is 77.7 cm³/mol. The van der Waals surface area contributed by atoms with Gasteiger partial charge < -0.3 is 14.4 Å². The highest BCUT2D eigenvalue weighted by atomic mass is 16.5. The Kier molecular flexibility index (Phi) is 3.89. The number of aliphatic hydroxyl groups is 1. The molecule has 0 fully saturated rings. The molecule has 1 N–H and O–H groups in total. The number of methoxy groups -OCH3 is 1. The fourth-order valence-electron chi connectivity index (χ4n) is 2.30. The van der Waals surface area contributed by atoms with E-state index in [9.17, 15) is 5.11 Å². The van der Waals surface area contributed by atoms with Crippen molar-refractivity contribution in [1.82, 2.24) is 19.5 Å². The van der Waals surface area contributed by atoms with Crippen LogP contribution >= 0.6 is 0 Å². The Morgan fingerprint density at radius 1 is 1.19 bits per heavy atom. The van der Waals surface area contributed by atoms with Gasteiger partial charge >= 0.3 is 0 Å². The van der Waals surface area contributed by atoms with Gasteiger partial charge in [-0.15, -0.1) is 0 Å². The summed E-state index contributed by atoms with van der Waals surface area (Å²) in [5.74, 6) is 0. The summed E-state index contributed by atoms with van der Waals surface area (Å²) in [6.45, 7) is 0.540. The molecule has 2 aromatic heterocycles. The van der Waals surface area contributed by atoms with Gasteiger partial charge in [0.25, 0.3) is 0 Å². The minimum absolute atomic E-state index is 0.145. The highest BCUT2D eigenvalue weighted by molar-refractivity contribution is 5.73. The van der Waals surface area contributed by atoms with Gasteiger partial charge in [0.2, 0.25) is 0 Å². The van der Waals surface area contributed by atoms with Crippen molar-refractivity contribution in [2.45, 2.75) is 12.6 Å². The first-order chi connectivity index (χ1) is 10.3. The van der Waals surface area contributed by atoms with E-state index in [2.05, 4.69) is 27.1 Å². The normalized spacial score (nSPS) is 12.7. The molecule has 0 aliphatic carbocycles. The van der Waals surface area contributed by atoms with Crippen molar-refractivity contribution < 1.29 is 9.84 Å². The van der Waals surface area contributed by atoms with Gasteiger partial charge in [-0.1, -0.05) is 30.3 Å². The van der Waals surface area contributed by atoms with Gasteiger partial charge in [0.05, 0.1) is 19.5 Å². The van der Waals surface area contributed by atoms with E-state index < -0.39 is 6.10 Å². The zero-order chi connectivity index (χ0) is 14.7. The second kappa shape index (κ2) is 5.99. The van der Waals surface area contributed by atoms with Gasteiger partial charge in [-0.3, -0.25) is 0 Å². The number of hydrogen-bond donors (Lipinski definition) is 1. The average molecular weight is 284 g/mol. The minimum atomic E-state index is -0.490. The number of imidazole rings is 1. The molecule has 0 aliphatic heterocycles. The molecule has 3 aromatic rings. The number of benzene rings is 1. The number of aliphatic hydroxyl groups excluding tert-OH is 1. The van der Waals surface area contributed by atoms with Crippen molar-refractivity contribution in [2.75, 3.05) is 13.7 Å². The van der Waals surface area contributed by atoms with Crippen LogP contribution in [-0.2, 0) is 11.3 Å². The number of nitrogens with zero attached hydrogens (tertiary/aromatic N) is 4. The Morgan fingerprint density at radius 2 is 2.00 bits per heavy atom. The molecule has 0 radical (unpaired) electrons. The van der Waals surface area contributed by atoms with E-state index in [0.717, 1.165) is 5.65 Å². The summed E-state index contributed by atoms with van der Waals surface area (Å²) < 4.78 is 7.19. The van der Waals surface area contributed by atoms with E-state index in [1.807, 2.05) is 22.8 Å². The summed E-state index contributed by atoms with van der Waals surface area (Å²) in [7, 11) is 1.54. The fourth-order valence-corrected chi connectivity index (χ4v) is 2.30. The lowest BCUT2D eigenvalue weighted by Crippen LogP contribution is -2.10. The third kappa shape index (κ3) is 2.63. The molecule has 0 bridgehead atoms. The van der Waals surface area contributed by atoms with Crippen LogP contribution in [0.2, 0.25) is 0 Å². The lowest BCUT2D eigenvalue weighted by Gasteiger charge is -2.11. The van der Waals surface area contributed by atoms with Crippen molar-refractivity contribution in [1.29, 1.82) is 0 Å². The molecule has 0 aliphatic rings. The van der Waals surface area contributed by atoms with Crippen molar-refractivity contribution in [3.05, 3.63) is 54.2 Å². The second-order valence-corrected chi connectivity index (χ2v) is 4.70. The number of aromatic nitrogens is 4. The van der Waals surface area contributed by atoms with Gasteiger partial charge in [0, 0.05) is 7.11 Å². The van der Waals surface area contributed by atoms with Crippen LogP contribution in [0, 0.1) is 0 Å². The summed E-state index contributed by atoms with van der Waals surface area (Å²) in [4.78, 5) is 12.9. The van der Waals surface area contributed by atoms with Crippen LogP contribution in [0.3, 0.4) is 0 Å². The van der Waals surface area contributed by atoms with Gasteiger partial charge in [-0.2, -0.15) is 0 Å². The Labute approximate surface area is 122 Å². The third-order valence-electron chi connectivity index (χ3n) is 3.38. The van der Waals surface area contributed by atoms with E-state index in [1.54, 1.807) is 6.33 Å². The molecule has 21 heavy (non-hydrogen) atoms. The maximum absolute atomic E-state index is 9.36. The smallest absolute Gasteiger partial charge is 0.163 e. The summed E-state index contributed by atoms with van der Waals surface area (Å²) in [6, 6.07) is 10.1. The first kappa shape index (κ1) is 13.7. The maximum atomic E-state index is 9.36. The minimum Gasteiger partial charge on any atom is -0.393 e. The predicted octanol–water partition coefficient (Wildman–Crippen LogP) is 1.55. The van der Waals surface area contributed by atoms with Crippen molar-refractivity contribution in [2.24, 2.45) is 0 Å². The van der Waals surface area contributed by atoms with Gasteiger partial charge in [-0.25, -0.2) is 15.0 Å². The lowest BCUT2D eigenvalue weighted by molar-refractivity contribution is 0.0464. The van der Waals surface area contributed by atoms with Crippen LogP contribution in [0.15, 0.2) is 43.0 Å². The molecule has 0 amide bonds. The first-order valence-corrected chi connectivity index (χ1v) is 6.66. The summed E-state index contributed by atoms with van der Waals surface area (Å²) in [6.07, 6.45) is 2.72. The van der Waals surface area contributed by atoms with Crippen molar-refractivity contribution in [3.8, 4) is 0 Å². The number of fused-ring (bicyclic) bond motifs is 1. The van der Waals surface area contributed by atoms with E-state index in [-0.39, 0.29) is 6.61 Å². The number of rotatable bonds is 5. The summed E-state index contributed by atoms with van der Waals surface area (Å²) in [5, 5.41) is 9.36. The summed E-state index contributed by atoms with van der Waals surface area (Å²) >= 11 is 0. The van der Waals surface area contributed by atoms with Crippen LogP contribution in [0.4, 0.5) is 0 Å². The Morgan fingerprint density at radius 3 is 2.71 bits per heavy atom. The van der Waals surface area contributed by atoms with E-state index in [0.29, 0.717) is 17.8 Å². The van der Waals surface area contributed by atoms with Gasteiger partial charge in [0.15, 0.2) is 5.65 Å². The molecule has 0 spiro atoms. The van der Waals surface area contributed by atoms with E-state index in [4.69, 9.17) is 4.74 Å². The molecular weight excluding hydrogens is 268 g/mol. The number of hydrogen-bond acceptors (Lipinski definition) is 5. The Bertz CT molecular complexity index is 723. The van der Waals surface area contributed by atoms with Crippen molar-refractivity contribution in [3.63, 3.8) is 0 Å². The Hall–Kier alpha value is -2.31. The second-order valence-electron chi connectivity index (χ2n) is 4.70. The largest absolute Gasteiger partial charge is 0.393 e. The molecule has 3 rings (SSSR count). The molecule has 1 aromatic carbocycles. The summed E-state index contributed by atoms with van der Waals surface area (Å²) in [5.41, 5.74) is 3.17. The third-order valence-corrected chi connectivity index (χ3v) is 3.38. The van der Waals surface area contributed by atoms with Crippen LogP contribution in [0.1, 0.15) is 17.4 Å². The molecule has 2 heterocycles. The quantitative estimate of drug-likeness (QED) is 0.769. The zero-order valence-electron chi connectivity index (χ0n) is 11.7. The molecule has 6 heteroatoms. The molecular formula is C15H16N4O2. The van der Waals surface area contributed by atoms with Crippen LogP contribution in [0.25, 0.3) is 11.2 Å². The highest BCUT2D eigenvalue weighted by Gasteiger charge is 2.18. The molecule has 0 saturated heterocycles. The average Bonchev–Trinajstić information content (AvgIpc) is 2.94. The topological polar surface area (TPSA) is 73.1 Å². The van der Waals surface area contributed by atoms with Crippen LogP contribution in [0.5, 0.6) is 0 Å². The lowest BCUT2D eigenvalue weighted by atomic mass is 10.2. The Balaban J connectivity index is 2.01. The van der Waals surface area contributed by atoms with E-state index >= 15 is 0 Å². The molecule has 1 unspecified atom stereocenters. The molecule has 0 saturated carbocycles. The van der Waals surface area contributed by atoms with Crippen LogP contribution in [-0.4, -0.2) is 38.3 Å². The van der Waals surface area contributed by atoms with Gasteiger partial charge in [0.1, 0.15) is 23.6 Å². The van der Waals surface area contributed by atoms with Gasteiger partial charge in [-0.05, 0) is 5.56 Å². The standard InChI is InChI=1S/C15H16N4O2/c1-21-12(8-20)13-14-15(17-9-16-13)19(10-18-14)7-11-5-3-2-4-6-11/h2-6,9-10,12,20H,7-8H2,1H3. The fraction of sp³-hybridized carbons (Fsp3) is 0.267. The zero-order valence-corrected chi connectivity index (χ0v) is 11.7. The molecule has 1 atom stereocenters. The SMILES string of the molecule is COC(CO)c1ncnc2c1ncn2Cc1ccccc1. The highest BCUT2D eigenvalue weighted by Crippen LogP contribution is 2.21. The maximum Gasteiger partial charge on any atom is 0.163 e. The molecule has 108 valence electrons. The van der Waals surface area contributed by atoms with E-state index in [1.165, 1.54) is 19.0 Å². The number of ether oxygens (including phenoxy) is 1.